The maximum absolute atomic E-state index is 2.42. The van der Waals surface area contributed by atoms with Gasteiger partial charge in [0, 0.05) is 50.6 Å². The van der Waals surface area contributed by atoms with E-state index in [1.165, 1.54) is 43.8 Å². The summed E-state index contributed by atoms with van der Waals surface area (Å²) in [5.74, 6) is 0. The summed E-state index contributed by atoms with van der Waals surface area (Å²) in [5.41, 5.74) is 14.8. The van der Waals surface area contributed by atoms with Crippen molar-refractivity contribution in [3.05, 3.63) is 249 Å². The van der Waals surface area contributed by atoms with Crippen LogP contribution in [0.15, 0.2) is 249 Å². The second-order valence-electron chi connectivity index (χ2n) is 15.4. The van der Waals surface area contributed by atoms with Gasteiger partial charge < -0.3 is 14.4 Å². The Morgan fingerprint density at radius 1 is 0.246 bits per heavy atom. The molecular weight excluding hydrogens is 739 g/mol. The van der Waals surface area contributed by atoms with E-state index in [4.69, 9.17) is 0 Å². The summed E-state index contributed by atoms with van der Waals surface area (Å²) in [5, 5.41) is 4.80. The van der Waals surface area contributed by atoms with Crippen LogP contribution in [0.4, 0.5) is 34.1 Å². The van der Waals surface area contributed by atoms with Gasteiger partial charge in [0.1, 0.15) is 0 Å². The molecule has 0 aliphatic heterocycles. The quantitative estimate of drug-likeness (QED) is 0.145. The van der Waals surface area contributed by atoms with Gasteiger partial charge in [0.05, 0.1) is 11.0 Å². The summed E-state index contributed by atoms with van der Waals surface area (Å²) in [6, 6.07) is 89.6. The predicted molar refractivity (Wildman–Crippen MR) is 259 cm³/mol. The third-order valence-corrected chi connectivity index (χ3v) is 11.7. The predicted octanol–water partition coefficient (Wildman–Crippen LogP) is 16.2. The maximum Gasteiger partial charge on any atom is 0.0542 e. The van der Waals surface area contributed by atoms with E-state index in [2.05, 4.69) is 263 Å². The van der Waals surface area contributed by atoms with Gasteiger partial charge in [-0.05, 0) is 130 Å². The van der Waals surface area contributed by atoms with Gasteiger partial charge in [0.2, 0.25) is 0 Å². The molecule has 0 amide bonds. The number of hydrogen-bond acceptors (Lipinski definition) is 2. The summed E-state index contributed by atoms with van der Waals surface area (Å²) in [6.07, 6.45) is 0. The van der Waals surface area contributed by atoms with E-state index in [9.17, 15) is 0 Å². The monoisotopic (exact) mass is 779 g/mol. The molecule has 0 aliphatic carbocycles. The molecule has 0 bridgehead atoms. The summed E-state index contributed by atoms with van der Waals surface area (Å²) in [4.78, 5) is 4.73. The normalized spacial score (nSPS) is 11.3. The highest BCUT2D eigenvalue weighted by atomic mass is 15.1. The van der Waals surface area contributed by atoms with E-state index in [1.807, 2.05) is 0 Å². The average molecular weight is 780 g/mol. The second-order valence-corrected chi connectivity index (χ2v) is 15.4. The van der Waals surface area contributed by atoms with Gasteiger partial charge in [0.25, 0.3) is 0 Å². The zero-order valence-electron chi connectivity index (χ0n) is 33.5. The molecule has 288 valence electrons. The fourth-order valence-corrected chi connectivity index (χ4v) is 8.79. The molecule has 0 radical (unpaired) electrons. The fraction of sp³-hybridized carbons (Fsp3) is 0. The molecule has 0 unspecified atom stereocenters. The Morgan fingerprint density at radius 2 is 0.607 bits per heavy atom. The first-order valence-corrected chi connectivity index (χ1v) is 20.8. The highest BCUT2D eigenvalue weighted by molar-refractivity contribution is 6.12. The zero-order chi connectivity index (χ0) is 40.5. The van der Waals surface area contributed by atoms with Crippen molar-refractivity contribution in [2.24, 2.45) is 0 Å². The summed E-state index contributed by atoms with van der Waals surface area (Å²) in [6.45, 7) is 0. The second kappa shape index (κ2) is 15.6. The fourth-order valence-electron chi connectivity index (χ4n) is 8.79. The molecule has 3 nitrogen and oxygen atoms in total. The summed E-state index contributed by atoms with van der Waals surface area (Å²) in [7, 11) is 0. The Kier molecular flexibility index (Phi) is 9.18. The van der Waals surface area contributed by atoms with Crippen LogP contribution in [-0.2, 0) is 0 Å². The van der Waals surface area contributed by atoms with Gasteiger partial charge in [-0.25, -0.2) is 0 Å². The molecule has 3 heteroatoms. The first kappa shape index (κ1) is 36.0. The van der Waals surface area contributed by atoms with Gasteiger partial charge in [-0.2, -0.15) is 0 Å². The SMILES string of the molecule is c1ccc(-c2ccc(N(c3ccccc3)c3ccc4c(c3)c3cc(N(c5ccccc5)c5ccc(-c6ccccc6)cc5)ccc3n4-c3ccc4ccccc4c3)cc2)cc1. The standard InChI is InChI=1S/C58H41N3/c1-5-15-42(16-6-1)45-25-30-50(31-26-45)59(48-21-9-3-10-22-48)53-35-37-57-55(40-53)56-41-54(36-38-58(56)61(57)52-34-29-44-19-13-14-20-47(44)39-52)60(49-23-11-4-12-24-49)51-32-27-46(28-33-51)43-17-7-2-8-18-43/h1-41H. The maximum atomic E-state index is 2.42. The number of rotatable bonds is 9. The van der Waals surface area contributed by atoms with Crippen LogP contribution in [0.2, 0.25) is 0 Å². The minimum absolute atomic E-state index is 1.09. The average Bonchev–Trinajstić information content (AvgIpc) is 3.66. The molecule has 0 atom stereocenters. The molecule has 1 heterocycles. The lowest BCUT2D eigenvalue weighted by molar-refractivity contribution is 1.18. The van der Waals surface area contributed by atoms with Gasteiger partial charge in [-0.1, -0.05) is 152 Å². The van der Waals surface area contributed by atoms with E-state index >= 15 is 0 Å². The first-order valence-electron chi connectivity index (χ1n) is 20.8. The number of benzene rings is 10. The number of anilines is 6. The largest absolute Gasteiger partial charge is 0.310 e. The van der Waals surface area contributed by atoms with Crippen molar-refractivity contribution in [2.45, 2.75) is 0 Å². The van der Waals surface area contributed by atoms with E-state index in [0.717, 1.165) is 50.8 Å². The van der Waals surface area contributed by atoms with Crippen molar-refractivity contribution >= 4 is 66.7 Å². The number of hydrogen-bond donors (Lipinski definition) is 0. The molecule has 0 aliphatic rings. The zero-order valence-corrected chi connectivity index (χ0v) is 33.5. The third-order valence-electron chi connectivity index (χ3n) is 11.7. The minimum atomic E-state index is 1.09. The van der Waals surface area contributed by atoms with Crippen molar-refractivity contribution in [3.8, 4) is 27.9 Å². The smallest absolute Gasteiger partial charge is 0.0542 e. The van der Waals surface area contributed by atoms with Crippen molar-refractivity contribution in [2.75, 3.05) is 9.80 Å². The topological polar surface area (TPSA) is 11.4 Å². The van der Waals surface area contributed by atoms with Crippen molar-refractivity contribution in [3.63, 3.8) is 0 Å². The van der Waals surface area contributed by atoms with Gasteiger partial charge in [0.15, 0.2) is 0 Å². The van der Waals surface area contributed by atoms with Gasteiger partial charge in [-0.15, -0.1) is 0 Å². The van der Waals surface area contributed by atoms with Crippen LogP contribution in [-0.4, -0.2) is 4.57 Å². The van der Waals surface area contributed by atoms with Crippen LogP contribution in [0, 0.1) is 0 Å². The first-order chi connectivity index (χ1) is 30.2. The molecule has 0 fully saturated rings. The highest BCUT2D eigenvalue weighted by Gasteiger charge is 2.20. The number of nitrogens with zero attached hydrogens (tertiary/aromatic N) is 3. The molecule has 0 N–H and O–H groups in total. The van der Waals surface area contributed by atoms with Crippen molar-refractivity contribution in [1.29, 1.82) is 0 Å². The Morgan fingerprint density at radius 3 is 1.07 bits per heavy atom. The van der Waals surface area contributed by atoms with Crippen molar-refractivity contribution in [1.82, 2.24) is 4.57 Å². The Hall–Kier alpha value is -8.14. The molecule has 11 rings (SSSR count). The molecule has 61 heavy (non-hydrogen) atoms. The van der Waals surface area contributed by atoms with E-state index in [0.29, 0.717) is 0 Å². The molecular formula is C58H41N3. The van der Waals surface area contributed by atoms with Gasteiger partial charge in [-0.3, -0.25) is 0 Å². The lowest BCUT2D eigenvalue weighted by Crippen LogP contribution is -2.10. The molecule has 0 saturated heterocycles. The molecule has 0 spiro atoms. The van der Waals surface area contributed by atoms with Crippen LogP contribution in [0.5, 0.6) is 0 Å². The molecule has 1 aromatic heterocycles. The van der Waals surface area contributed by atoms with Crippen LogP contribution >= 0.6 is 0 Å². The Labute approximate surface area is 356 Å². The van der Waals surface area contributed by atoms with E-state index < -0.39 is 0 Å². The van der Waals surface area contributed by atoms with Crippen LogP contribution in [0.3, 0.4) is 0 Å². The number of fused-ring (bicyclic) bond motifs is 4. The Bertz CT molecular complexity index is 3080. The van der Waals surface area contributed by atoms with Crippen LogP contribution in [0.1, 0.15) is 0 Å². The van der Waals surface area contributed by atoms with Crippen LogP contribution in [0.25, 0.3) is 60.5 Å². The minimum Gasteiger partial charge on any atom is -0.310 e. The molecule has 10 aromatic carbocycles. The highest BCUT2D eigenvalue weighted by Crippen LogP contribution is 2.43. The van der Waals surface area contributed by atoms with E-state index in [-0.39, 0.29) is 0 Å². The van der Waals surface area contributed by atoms with Crippen molar-refractivity contribution < 1.29 is 0 Å². The lowest BCUT2D eigenvalue weighted by Gasteiger charge is -2.26. The lowest BCUT2D eigenvalue weighted by atomic mass is 10.0. The van der Waals surface area contributed by atoms with E-state index in [1.54, 1.807) is 0 Å². The number of aromatic nitrogens is 1. The summed E-state index contributed by atoms with van der Waals surface area (Å²) < 4.78 is 2.42. The molecule has 11 aromatic rings. The third kappa shape index (κ3) is 6.78. The Balaban J connectivity index is 1.11. The summed E-state index contributed by atoms with van der Waals surface area (Å²) >= 11 is 0. The number of para-hydroxylation sites is 2. The van der Waals surface area contributed by atoms with Gasteiger partial charge >= 0.3 is 0 Å². The molecule has 0 saturated carbocycles. The van der Waals surface area contributed by atoms with Crippen LogP contribution < -0.4 is 9.80 Å².